The highest BCUT2D eigenvalue weighted by Gasteiger charge is 2.31. The molecule has 0 atom stereocenters. The number of pyridine rings is 4. The number of hydrogen-bond acceptors (Lipinski definition) is 5. The number of rotatable bonds is 9. The molecule has 4 rings (SSSR count). The summed E-state index contributed by atoms with van der Waals surface area (Å²) in [4.78, 5) is 18.2. The van der Waals surface area contributed by atoms with E-state index in [2.05, 4.69) is 26.0 Å². The molecule has 4 aromatic heterocycles. The van der Waals surface area contributed by atoms with Crippen molar-refractivity contribution >= 4 is 0 Å². The number of nitrogens with zero attached hydrogens (tertiary/aromatic N) is 4. The van der Waals surface area contributed by atoms with Crippen molar-refractivity contribution in [3.8, 4) is 0 Å². The van der Waals surface area contributed by atoms with Crippen LogP contribution in [0.1, 0.15) is 22.8 Å². The summed E-state index contributed by atoms with van der Waals surface area (Å²) in [5.74, 6) is 0. The van der Waals surface area contributed by atoms with Crippen LogP contribution in [-0.2, 0) is 25.7 Å². The Hall–Kier alpha value is -3.70. The minimum Gasteiger partial charge on any atom is -0.321 e. The molecule has 4 heterocycles. The quantitative estimate of drug-likeness (QED) is 0.411. The highest BCUT2D eigenvalue weighted by atomic mass is 14.8. The fourth-order valence-corrected chi connectivity index (χ4v) is 3.84. The van der Waals surface area contributed by atoms with E-state index in [1.807, 2.05) is 97.6 Å². The molecule has 0 saturated heterocycles. The summed E-state index contributed by atoms with van der Waals surface area (Å²) < 4.78 is 0. The number of aromatic nitrogens is 4. The summed E-state index contributed by atoms with van der Waals surface area (Å²) in [6.07, 6.45) is 12.0. The SMILES string of the molecule is NC(Cc1ccccn1)(Cc1ccccn1)/C(=C/Cc1ccccn1)Cc1ccccn1. The molecule has 0 fully saturated rings. The Bertz CT molecular complexity index is 1070. The minimum absolute atomic E-state index is 0.602. The third-order valence-corrected chi connectivity index (χ3v) is 5.47. The monoisotopic (exact) mass is 421 g/mol. The van der Waals surface area contributed by atoms with E-state index in [0.29, 0.717) is 25.7 Å². The molecule has 5 nitrogen and oxygen atoms in total. The normalized spacial score (nSPS) is 12.0. The molecular formula is C27H27N5. The van der Waals surface area contributed by atoms with Crippen LogP contribution >= 0.6 is 0 Å². The molecule has 0 aliphatic heterocycles. The lowest BCUT2D eigenvalue weighted by molar-refractivity contribution is 0.468. The van der Waals surface area contributed by atoms with Crippen molar-refractivity contribution in [2.24, 2.45) is 5.73 Å². The van der Waals surface area contributed by atoms with Gasteiger partial charge in [0.1, 0.15) is 0 Å². The summed E-state index contributed by atoms with van der Waals surface area (Å²) in [6.45, 7) is 0. The van der Waals surface area contributed by atoms with Gasteiger partial charge in [0.2, 0.25) is 0 Å². The van der Waals surface area contributed by atoms with Crippen LogP contribution in [-0.4, -0.2) is 25.5 Å². The van der Waals surface area contributed by atoms with E-state index in [1.165, 1.54) is 0 Å². The highest BCUT2D eigenvalue weighted by molar-refractivity contribution is 5.32. The third-order valence-electron chi connectivity index (χ3n) is 5.47. The molecular weight excluding hydrogens is 394 g/mol. The summed E-state index contributed by atoms with van der Waals surface area (Å²) in [5.41, 5.74) is 11.6. The van der Waals surface area contributed by atoms with E-state index in [1.54, 1.807) is 0 Å². The molecule has 0 bridgehead atoms. The summed E-state index contributed by atoms with van der Waals surface area (Å²) >= 11 is 0. The van der Waals surface area contributed by atoms with E-state index < -0.39 is 5.54 Å². The molecule has 0 saturated carbocycles. The Kier molecular flexibility index (Phi) is 7.10. The maximum absolute atomic E-state index is 7.22. The zero-order valence-electron chi connectivity index (χ0n) is 18.0. The van der Waals surface area contributed by atoms with Gasteiger partial charge in [0, 0.05) is 78.8 Å². The van der Waals surface area contributed by atoms with Crippen molar-refractivity contribution < 1.29 is 0 Å². The van der Waals surface area contributed by atoms with Gasteiger partial charge in [-0.2, -0.15) is 0 Å². The van der Waals surface area contributed by atoms with Crippen molar-refractivity contribution in [3.63, 3.8) is 0 Å². The highest BCUT2D eigenvalue weighted by Crippen LogP contribution is 2.27. The fourth-order valence-electron chi connectivity index (χ4n) is 3.84. The Morgan fingerprint density at radius 1 is 0.625 bits per heavy atom. The Labute approximate surface area is 189 Å². The molecule has 2 N–H and O–H groups in total. The lowest BCUT2D eigenvalue weighted by Gasteiger charge is -2.33. The molecule has 4 aromatic rings. The van der Waals surface area contributed by atoms with Gasteiger partial charge in [-0.25, -0.2) is 0 Å². The molecule has 0 aliphatic carbocycles. The van der Waals surface area contributed by atoms with Crippen LogP contribution in [0.25, 0.3) is 0 Å². The van der Waals surface area contributed by atoms with E-state index in [9.17, 15) is 0 Å². The van der Waals surface area contributed by atoms with E-state index >= 15 is 0 Å². The summed E-state index contributed by atoms with van der Waals surface area (Å²) in [6, 6.07) is 23.8. The zero-order valence-corrected chi connectivity index (χ0v) is 18.0. The van der Waals surface area contributed by atoms with Gasteiger partial charge in [-0.15, -0.1) is 0 Å². The van der Waals surface area contributed by atoms with Crippen LogP contribution in [0.15, 0.2) is 109 Å². The topological polar surface area (TPSA) is 77.6 Å². The van der Waals surface area contributed by atoms with Crippen molar-refractivity contribution in [2.75, 3.05) is 0 Å². The third kappa shape index (κ3) is 5.93. The molecule has 160 valence electrons. The maximum atomic E-state index is 7.22. The second kappa shape index (κ2) is 10.6. The molecule has 0 aliphatic rings. The molecule has 0 unspecified atom stereocenters. The Morgan fingerprint density at radius 2 is 1.06 bits per heavy atom. The molecule has 0 radical (unpaired) electrons. The van der Waals surface area contributed by atoms with Crippen molar-refractivity contribution in [1.29, 1.82) is 0 Å². The van der Waals surface area contributed by atoms with Crippen LogP contribution in [0.2, 0.25) is 0 Å². The largest absolute Gasteiger partial charge is 0.321 e. The first-order chi connectivity index (χ1) is 15.7. The van der Waals surface area contributed by atoms with E-state index in [0.717, 1.165) is 28.3 Å². The molecule has 32 heavy (non-hydrogen) atoms. The van der Waals surface area contributed by atoms with Crippen molar-refractivity contribution in [3.05, 3.63) is 132 Å². The number of nitrogens with two attached hydrogens (primary N) is 1. The number of allylic oxidation sites excluding steroid dienone is 1. The standard InChI is InChI=1S/C27H27N5/c28-27(20-25-11-3-7-17-31-25,21-26-12-4-8-18-32-26)22(19-24-10-2-6-16-30-24)13-14-23-9-1-5-15-29-23/h1-13,15-18H,14,19-21,28H2/b22-13+. The molecule has 0 amide bonds. The lowest BCUT2D eigenvalue weighted by atomic mass is 9.79. The Balaban J connectivity index is 1.73. The molecule has 0 spiro atoms. The maximum Gasteiger partial charge on any atom is 0.0484 e. The van der Waals surface area contributed by atoms with Gasteiger partial charge >= 0.3 is 0 Å². The van der Waals surface area contributed by atoms with Crippen LogP contribution in [0.4, 0.5) is 0 Å². The smallest absolute Gasteiger partial charge is 0.0484 e. The molecule has 0 aromatic carbocycles. The predicted octanol–water partition coefficient (Wildman–Crippen LogP) is 4.16. The minimum atomic E-state index is -0.672. The van der Waals surface area contributed by atoms with E-state index in [-0.39, 0.29) is 0 Å². The van der Waals surface area contributed by atoms with Crippen molar-refractivity contribution in [1.82, 2.24) is 19.9 Å². The van der Waals surface area contributed by atoms with Crippen LogP contribution in [0.3, 0.4) is 0 Å². The summed E-state index contributed by atoms with van der Waals surface area (Å²) in [5, 5.41) is 0. The average Bonchev–Trinajstić information content (AvgIpc) is 2.84. The number of hydrogen-bond donors (Lipinski definition) is 1. The van der Waals surface area contributed by atoms with Gasteiger partial charge in [0.25, 0.3) is 0 Å². The second-order valence-electron chi connectivity index (χ2n) is 7.90. The first-order valence-electron chi connectivity index (χ1n) is 10.8. The van der Waals surface area contributed by atoms with Crippen LogP contribution in [0, 0.1) is 0 Å². The van der Waals surface area contributed by atoms with Gasteiger partial charge in [-0.05, 0) is 54.1 Å². The lowest BCUT2D eigenvalue weighted by Crippen LogP contribution is -2.47. The first kappa shape index (κ1) is 21.5. The van der Waals surface area contributed by atoms with Gasteiger partial charge in [0.15, 0.2) is 0 Å². The van der Waals surface area contributed by atoms with Gasteiger partial charge in [-0.3, -0.25) is 19.9 Å². The van der Waals surface area contributed by atoms with Crippen LogP contribution < -0.4 is 5.73 Å². The molecule has 5 heteroatoms. The van der Waals surface area contributed by atoms with Crippen molar-refractivity contribution in [2.45, 2.75) is 31.2 Å². The van der Waals surface area contributed by atoms with E-state index in [4.69, 9.17) is 5.73 Å². The Morgan fingerprint density at radius 3 is 1.50 bits per heavy atom. The average molecular weight is 422 g/mol. The second-order valence-corrected chi connectivity index (χ2v) is 7.90. The van der Waals surface area contributed by atoms with Gasteiger partial charge in [0.05, 0.1) is 0 Å². The first-order valence-corrected chi connectivity index (χ1v) is 10.8. The van der Waals surface area contributed by atoms with Gasteiger partial charge < -0.3 is 5.73 Å². The zero-order chi connectivity index (χ0) is 22.1. The van der Waals surface area contributed by atoms with Crippen LogP contribution in [0.5, 0.6) is 0 Å². The summed E-state index contributed by atoms with van der Waals surface area (Å²) in [7, 11) is 0. The fraction of sp³-hybridized carbons (Fsp3) is 0.185. The predicted molar refractivity (Wildman–Crippen MR) is 127 cm³/mol. The van der Waals surface area contributed by atoms with Gasteiger partial charge in [-0.1, -0.05) is 30.3 Å².